The molecule has 0 atom stereocenters. The lowest BCUT2D eigenvalue weighted by Gasteiger charge is -2.15. The van der Waals surface area contributed by atoms with Gasteiger partial charge in [0.05, 0.1) is 16.5 Å². The van der Waals surface area contributed by atoms with Crippen LogP contribution in [0.2, 0.25) is 15.1 Å². The number of benzene rings is 2. The maximum Gasteiger partial charge on any atom is 0.293 e. The van der Waals surface area contributed by atoms with Gasteiger partial charge in [0.1, 0.15) is 6.61 Å². The van der Waals surface area contributed by atoms with Crippen molar-refractivity contribution >= 4 is 63.8 Å². The fourth-order valence-corrected chi connectivity index (χ4v) is 4.68. The van der Waals surface area contributed by atoms with E-state index in [4.69, 9.17) is 49.0 Å². The number of hydrogen-bond donors (Lipinski definition) is 0. The summed E-state index contributed by atoms with van der Waals surface area (Å²) >= 11 is 19.6. The summed E-state index contributed by atoms with van der Waals surface area (Å²) in [6.07, 6.45) is 2.20. The van der Waals surface area contributed by atoms with Gasteiger partial charge < -0.3 is 14.2 Å². The highest BCUT2D eigenvalue weighted by molar-refractivity contribution is 8.18. The first-order valence-corrected chi connectivity index (χ1v) is 12.1. The molecule has 0 spiro atoms. The van der Waals surface area contributed by atoms with Crippen LogP contribution < -0.4 is 9.47 Å². The molecular weight excluding hydrogens is 509 g/mol. The lowest BCUT2D eigenvalue weighted by Crippen LogP contribution is -2.29. The molecule has 2 aromatic carbocycles. The Morgan fingerprint density at radius 3 is 2.55 bits per heavy atom. The molecule has 0 aliphatic carbocycles. The molecule has 2 amide bonds. The molecule has 1 aliphatic heterocycles. The lowest BCUT2D eigenvalue weighted by atomic mass is 10.1. The molecule has 0 bridgehead atoms. The van der Waals surface area contributed by atoms with Gasteiger partial charge in [-0.3, -0.25) is 14.5 Å². The molecule has 1 aliphatic rings. The van der Waals surface area contributed by atoms with E-state index in [0.29, 0.717) is 63.2 Å². The number of methoxy groups -OCH3 is 1. The zero-order chi connectivity index (χ0) is 24.0. The van der Waals surface area contributed by atoms with Gasteiger partial charge in [0, 0.05) is 35.9 Å². The van der Waals surface area contributed by atoms with Crippen LogP contribution in [0.15, 0.2) is 35.2 Å². The van der Waals surface area contributed by atoms with Crippen LogP contribution in [0.1, 0.15) is 24.5 Å². The number of carbonyl (C=O) groups excluding carboxylic acids is 2. The first-order valence-electron chi connectivity index (χ1n) is 10.1. The molecule has 0 radical (unpaired) electrons. The van der Waals surface area contributed by atoms with Gasteiger partial charge in [0.15, 0.2) is 11.5 Å². The summed E-state index contributed by atoms with van der Waals surface area (Å²) in [7, 11) is 1.57. The van der Waals surface area contributed by atoms with Gasteiger partial charge in [-0.2, -0.15) is 0 Å². The van der Waals surface area contributed by atoms with E-state index in [2.05, 4.69) is 0 Å². The SMILES string of the molecule is CCOc1cc(/C=C2/SC(=O)N(CCCOC)C2=O)cc(Cl)c1OCc1ccc(Cl)cc1Cl. The molecular formula is C23H22Cl3NO5S. The van der Waals surface area contributed by atoms with E-state index >= 15 is 0 Å². The highest BCUT2D eigenvalue weighted by Crippen LogP contribution is 2.40. The Morgan fingerprint density at radius 1 is 1.06 bits per heavy atom. The van der Waals surface area contributed by atoms with Gasteiger partial charge in [-0.05, 0) is 61.0 Å². The second-order valence-corrected chi connectivity index (χ2v) is 9.21. The third-order valence-electron chi connectivity index (χ3n) is 4.62. The number of rotatable bonds is 10. The van der Waals surface area contributed by atoms with Crippen LogP contribution in [-0.2, 0) is 16.1 Å². The summed E-state index contributed by atoms with van der Waals surface area (Å²) in [5, 5.41) is 1.01. The summed E-state index contributed by atoms with van der Waals surface area (Å²) in [5.74, 6) is 0.433. The number of amides is 2. The van der Waals surface area contributed by atoms with Gasteiger partial charge in [0.2, 0.25) is 0 Å². The van der Waals surface area contributed by atoms with Crippen molar-refractivity contribution < 1.29 is 23.8 Å². The summed E-state index contributed by atoms with van der Waals surface area (Å²) in [6, 6.07) is 8.51. The Balaban J connectivity index is 1.81. The Kier molecular flexibility index (Phi) is 9.35. The van der Waals surface area contributed by atoms with Crippen LogP contribution in [0.5, 0.6) is 11.5 Å². The van der Waals surface area contributed by atoms with E-state index in [0.717, 1.165) is 17.3 Å². The molecule has 0 aromatic heterocycles. The molecule has 33 heavy (non-hydrogen) atoms. The highest BCUT2D eigenvalue weighted by atomic mass is 35.5. The summed E-state index contributed by atoms with van der Waals surface area (Å²) < 4.78 is 16.6. The Labute approximate surface area is 211 Å². The van der Waals surface area contributed by atoms with Gasteiger partial charge in [-0.1, -0.05) is 40.9 Å². The maximum atomic E-state index is 12.7. The third kappa shape index (κ3) is 6.58. The predicted molar refractivity (Wildman–Crippen MR) is 133 cm³/mol. The second-order valence-electron chi connectivity index (χ2n) is 6.97. The number of carbonyl (C=O) groups is 2. The van der Waals surface area contributed by atoms with Crippen molar-refractivity contribution in [1.82, 2.24) is 4.90 Å². The number of nitrogens with zero attached hydrogens (tertiary/aromatic N) is 1. The van der Waals surface area contributed by atoms with Crippen molar-refractivity contribution in [2.24, 2.45) is 0 Å². The summed E-state index contributed by atoms with van der Waals surface area (Å²) in [4.78, 5) is 26.4. The molecule has 0 unspecified atom stereocenters. The average molecular weight is 531 g/mol. The quantitative estimate of drug-likeness (QED) is 0.252. The number of imide groups is 1. The molecule has 6 nitrogen and oxygen atoms in total. The lowest BCUT2D eigenvalue weighted by molar-refractivity contribution is -0.122. The Bertz CT molecular complexity index is 1080. The van der Waals surface area contributed by atoms with E-state index in [9.17, 15) is 9.59 Å². The molecule has 0 N–H and O–H groups in total. The van der Waals surface area contributed by atoms with Crippen LogP contribution in [0.25, 0.3) is 6.08 Å². The third-order valence-corrected chi connectivity index (χ3v) is 6.40. The van der Waals surface area contributed by atoms with Crippen LogP contribution in [0.3, 0.4) is 0 Å². The molecule has 10 heteroatoms. The van der Waals surface area contributed by atoms with Gasteiger partial charge in [-0.25, -0.2) is 0 Å². The maximum absolute atomic E-state index is 12.7. The number of hydrogen-bond acceptors (Lipinski definition) is 6. The zero-order valence-corrected chi connectivity index (χ0v) is 21.1. The van der Waals surface area contributed by atoms with Crippen molar-refractivity contribution in [1.29, 1.82) is 0 Å². The molecule has 176 valence electrons. The molecule has 1 fully saturated rings. The van der Waals surface area contributed by atoms with E-state index in [1.54, 1.807) is 43.5 Å². The fourth-order valence-electron chi connectivity index (χ4n) is 3.07. The van der Waals surface area contributed by atoms with Crippen LogP contribution in [-0.4, -0.2) is 42.9 Å². The van der Waals surface area contributed by atoms with E-state index < -0.39 is 0 Å². The standard InChI is InChI=1S/C23H22Cl3NO5S/c1-3-31-19-10-14(11-20-22(28)27(23(29)33-20)7-4-8-30-2)9-18(26)21(19)32-13-15-5-6-16(24)12-17(15)25/h5-6,9-12H,3-4,7-8,13H2,1-2H3/b20-11+. The first kappa shape index (κ1) is 25.7. The van der Waals surface area contributed by atoms with Crippen molar-refractivity contribution in [2.75, 3.05) is 26.9 Å². The van der Waals surface area contributed by atoms with Crippen molar-refractivity contribution in [2.45, 2.75) is 20.0 Å². The van der Waals surface area contributed by atoms with Crippen LogP contribution >= 0.6 is 46.6 Å². The highest BCUT2D eigenvalue weighted by Gasteiger charge is 2.34. The van der Waals surface area contributed by atoms with Crippen molar-refractivity contribution in [3.63, 3.8) is 0 Å². The molecule has 1 saturated heterocycles. The van der Waals surface area contributed by atoms with Crippen LogP contribution in [0.4, 0.5) is 4.79 Å². The number of ether oxygens (including phenoxy) is 3. The fraction of sp³-hybridized carbons (Fsp3) is 0.304. The Morgan fingerprint density at radius 2 is 1.85 bits per heavy atom. The molecule has 3 rings (SSSR count). The van der Waals surface area contributed by atoms with Crippen LogP contribution in [0, 0.1) is 0 Å². The average Bonchev–Trinajstić information content (AvgIpc) is 3.02. The smallest absolute Gasteiger partial charge is 0.293 e. The molecule has 0 saturated carbocycles. The van der Waals surface area contributed by atoms with E-state index in [1.165, 1.54) is 4.90 Å². The topological polar surface area (TPSA) is 65.1 Å². The van der Waals surface area contributed by atoms with Crippen molar-refractivity contribution in [3.05, 3.63) is 61.4 Å². The minimum absolute atomic E-state index is 0.162. The van der Waals surface area contributed by atoms with E-state index in [-0.39, 0.29) is 17.8 Å². The molecule has 2 aromatic rings. The minimum atomic E-state index is -0.340. The number of thioether (sulfide) groups is 1. The monoisotopic (exact) mass is 529 g/mol. The predicted octanol–water partition coefficient (Wildman–Crippen LogP) is 6.70. The van der Waals surface area contributed by atoms with Crippen molar-refractivity contribution in [3.8, 4) is 11.5 Å². The van der Waals surface area contributed by atoms with Gasteiger partial charge in [0.25, 0.3) is 11.1 Å². The van der Waals surface area contributed by atoms with Gasteiger partial charge >= 0.3 is 0 Å². The summed E-state index contributed by atoms with van der Waals surface area (Å²) in [6.45, 7) is 3.16. The minimum Gasteiger partial charge on any atom is -0.490 e. The van der Waals surface area contributed by atoms with E-state index in [1.807, 2.05) is 6.92 Å². The first-order chi connectivity index (χ1) is 15.8. The summed E-state index contributed by atoms with van der Waals surface area (Å²) in [5.41, 5.74) is 1.36. The Hall–Kier alpha value is -1.90. The largest absolute Gasteiger partial charge is 0.490 e. The molecule has 1 heterocycles. The normalized spacial score (nSPS) is 14.9. The van der Waals surface area contributed by atoms with Gasteiger partial charge in [-0.15, -0.1) is 0 Å². The number of halogens is 3. The second kappa shape index (κ2) is 12.0. The zero-order valence-electron chi connectivity index (χ0n) is 18.0.